The van der Waals surface area contributed by atoms with E-state index in [0.29, 0.717) is 6.42 Å². The van der Waals surface area contributed by atoms with Crippen LogP contribution in [0.2, 0.25) is 0 Å². The molecule has 76 valence electrons. The first-order valence-electron chi connectivity index (χ1n) is 4.59. The van der Waals surface area contributed by atoms with Crippen LogP contribution in [-0.2, 0) is 0 Å². The van der Waals surface area contributed by atoms with Crippen molar-refractivity contribution in [3.8, 4) is 0 Å². The van der Waals surface area contributed by atoms with E-state index in [2.05, 4.69) is 22.5 Å². The number of aliphatic hydroxyl groups excluding tert-OH is 1. The minimum atomic E-state index is -0.440. The molecular weight excluding hydrogens is 240 g/mol. The Kier molecular flexibility index (Phi) is 3.90. The van der Waals surface area contributed by atoms with Crippen molar-refractivity contribution in [2.24, 2.45) is 0 Å². The van der Waals surface area contributed by atoms with Crippen LogP contribution in [-0.4, -0.2) is 5.11 Å². The van der Waals surface area contributed by atoms with E-state index in [9.17, 15) is 5.11 Å². The number of hydrogen-bond donors (Lipinski definition) is 1. The summed E-state index contributed by atoms with van der Waals surface area (Å²) in [5.41, 5.74) is 3.11. The minimum absolute atomic E-state index is 0.440. The molecule has 1 unspecified atom stereocenters. The highest BCUT2D eigenvalue weighted by atomic mass is 79.9. The second kappa shape index (κ2) is 4.76. The Morgan fingerprint density at radius 1 is 1.57 bits per heavy atom. The second-order valence-corrected chi connectivity index (χ2v) is 4.54. The molecule has 1 rings (SSSR count). The molecule has 0 aromatic heterocycles. The molecule has 1 N–H and O–H groups in total. The SMILES string of the molecule is C=C(C)CC(O)c1ccc(C)c(Br)c1. The fraction of sp³-hybridized carbons (Fsp3) is 0.333. The zero-order valence-electron chi connectivity index (χ0n) is 8.55. The van der Waals surface area contributed by atoms with E-state index in [4.69, 9.17) is 0 Å². The lowest BCUT2D eigenvalue weighted by atomic mass is 10.0. The van der Waals surface area contributed by atoms with Gasteiger partial charge in [0.15, 0.2) is 0 Å². The van der Waals surface area contributed by atoms with Gasteiger partial charge in [-0.05, 0) is 37.5 Å². The molecule has 0 amide bonds. The Labute approximate surface area is 93.6 Å². The van der Waals surface area contributed by atoms with E-state index in [-0.39, 0.29) is 0 Å². The third-order valence-electron chi connectivity index (χ3n) is 2.12. The van der Waals surface area contributed by atoms with E-state index in [1.54, 1.807) is 0 Å². The van der Waals surface area contributed by atoms with Crippen molar-refractivity contribution < 1.29 is 5.11 Å². The molecule has 2 heteroatoms. The second-order valence-electron chi connectivity index (χ2n) is 3.69. The molecule has 1 nitrogen and oxygen atoms in total. The van der Waals surface area contributed by atoms with Crippen molar-refractivity contribution >= 4 is 15.9 Å². The van der Waals surface area contributed by atoms with Crippen molar-refractivity contribution in [1.29, 1.82) is 0 Å². The number of benzene rings is 1. The van der Waals surface area contributed by atoms with Crippen molar-refractivity contribution in [2.45, 2.75) is 26.4 Å². The van der Waals surface area contributed by atoms with Gasteiger partial charge in [0.25, 0.3) is 0 Å². The van der Waals surface area contributed by atoms with Crippen LogP contribution in [0.3, 0.4) is 0 Å². The van der Waals surface area contributed by atoms with Crippen LogP contribution in [0.4, 0.5) is 0 Å². The molecule has 0 heterocycles. The van der Waals surface area contributed by atoms with Crippen molar-refractivity contribution in [3.05, 3.63) is 46.0 Å². The van der Waals surface area contributed by atoms with Gasteiger partial charge in [-0.1, -0.05) is 33.6 Å². The summed E-state index contributed by atoms with van der Waals surface area (Å²) in [6, 6.07) is 5.91. The molecule has 1 atom stereocenters. The summed E-state index contributed by atoms with van der Waals surface area (Å²) in [6.07, 6.45) is 0.180. The molecular formula is C12H15BrO. The highest BCUT2D eigenvalue weighted by Crippen LogP contribution is 2.25. The Morgan fingerprint density at radius 2 is 2.21 bits per heavy atom. The number of aliphatic hydroxyl groups is 1. The van der Waals surface area contributed by atoms with Gasteiger partial charge in [-0.15, -0.1) is 6.58 Å². The van der Waals surface area contributed by atoms with Crippen LogP contribution >= 0.6 is 15.9 Å². The first kappa shape index (κ1) is 11.5. The molecule has 0 aliphatic carbocycles. The van der Waals surface area contributed by atoms with E-state index in [1.165, 1.54) is 5.56 Å². The summed E-state index contributed by atoms with van der Waals surface area (Å²) in [4.78, 5) is 0. The van der Waals surface area contributed by atoms with Crippen LogP contribution in [0.15, 0.2) is 34.8 Å². The Morgan fingerprint density at radius 3 is 2.71 bits per heavy atom. The normalized spacial score (nSPS) is 12.6. The van der Waals surface area contributed by atoms with Crippen molar-refractivity contribution in [1.82, 2.24) is 0 Å². The zero-order valence-corrected chi connectivity index (χ0v) is 10.1. The van der Waals surface area contributed by atoms with Crippen molar-refractivity contribution in [3.63, 3.8) is 0 Å². The minimum Gasteiger partial charge on any atom is -0.388 e. The molecule has 0 saturated heterocycles. The molecule has 0 saturated carbocycles. The lowest BCUT2D eigenvalue weighted by Crippen LogP contribution is -1.98. The highest BCUT2D eigenvalue weighted by molar-refractivity contribution is 9.10. The van der Waals surface area contributed by atoms with Gasteiger partial charge in [0.05, 0.1) is 6.10 Å². The number of rotatable bonds is 3. The summed E-state index contributed by atoms with van der Waals surface area (Å²) in [5, 5.41) is 9.82. The summed E-state index contributed by atoms with van der Waals surface area (Å²) in [7, 11) is 0. The van der Waals surface area contributed by atoms with Gasteiger partial charge in [-0.2, -0.15) is 0 Å². The van der Waals surface area contributed by atoms with Crippen LogP contribution < -0.4 is 0 Å². The van der Waals surface area contributed by atoms with Gasteiger partial charge in [-0.3, -0.25) is 0 Å². The summed E-state index contributed by atoms with van der Waals surface area (Å²) in [6.45, 7) is 7.74. The van der Waals surface area contributed by atoms with Gasteiger partial charge in [0.1, 0.15) is 0 Å². The molecule has 0 aliphatic rings. The predicted octanol–water partition coefficient (Wildman–Crippen LogP) is 3.76. The van der Waals surface area contributed by atoms with Gasteiger partial charge in [-0.25, -0.2) is 0 Å². The van der Waals surface area contributed by atoms with Crippen LogP contribution in [0.1, 0.15) is 30.6 Å². The van der Waals surface area contributed by atoms with E-state index in [0.717, 1.165) is 15.6 Å². The predicted molar refractivity (Wildman–Crippen MR) is 63.3 cm³/mol. The molecule has 0 fully saturated rings. The maximum absolute atomic E-state index is 9.82. The van der Waals surface area contributed by atoms with Gasteiger partial charge in [0.2, 0.25) is 0 Å². The zero-order chi connectivity index (χ0) is 10.7. The fourth-order valence-corrected chi connectivity index (χ4v) is 1.66. The van der Waals surface area contributed by atoms with Gasteiger partial charge >= 0.3 is 0 Å². The average molecular weight is 255 g/mol. The molecule has 0 bridgehead atoms. The summed E-state index contributed by atoms with van der Waals surface area (Å²) >= 11 is 3.45. The standard InChI is InChI=1S/C12H15BrO/c1-8(2)6-12(14)10-5-4-9(3)11(13)7-10/h4-5,7,12,14H,1,6H2,2-3H3. The lowest BCUT2D eigenvalue weighted by Gasteiger charge is -2.11. The highest BCUT2D eigenvalue weighted by Gasteiger charge is 2.08. The van der Waals surface area contributed by atoms with Crippen LogP contribution in [0, 0.1) is 6.92 Å². The lowest BCUT2D eigenvalue weighted by molar-refractivity contribution is 0.178. The smallest absolute Gasteiger partial charge is 0.0827 e. The third-order valence-corrected chi connectivity index (χ3v) is 2.98. The maximum Gasteiger partial charge on any atom is 0.0827 e. The van der Waals surface area contributed by atoms with Crippen LogP contribution in [0.5, 0.6) is 0 Å². The number of aryl methyl sites for hydroxylation is 1. The quantitative estimate of drug-likeness (QED) is 0.815. The molecule has 1 aromatic rings. The van der Waals surface area contributed by atoms with E-state index >= 15 is 0 Å². The fourth-order valence-electron chi connectivity index (χ4n) is 1.26. The average Bonchev–Trinajstić information content (AvgIpc) is 2.08. The van der Waals surface area contributed by atoms with Gasteiger partial charge in [0, 0.05) is 4.47 Å². The largest absolute Gasteiger partial charge is 0.388 e. The number of halogens is 1. The molecule has 0 aliphatic heterocycles. The maximum atomic E-state index is 9.82. The molecule has 14 heavy (non-hydrogen) atoms. The Hall–Kier alpha value is -0.600. The van der Waals surface area contributed by atoms with Gasteiger partial charge < -0.3 is 5.11 Å². The van der Waals surface area contributed by atoms with Crippen LogP contribution in [0.25, 0.3) is 0 Å². The molecule has 0 radical (unpaired) electrons. The number of hydrogen-bond acceptors (Lipinski definition) is 1. The topological polar surface area (TPSA) is 20.2 Å². The Balaban J connectivity index is 2.85. The Bertz CT molecular complexity index is 344. The van der Waals surface area contributed by atoms with E-state index < -0.39 is 6.10 Å². The molecule has 0 spiro atoms. The van der Waals surface area contributed by atoms with E-state index in [1.807, 2.05) is 32.0 Å². The summed E-state index contributed by atoms with van der Waals surface area (Å²) in [5.74, 6) is 0. The van der Waals surface area contributed by atoms with Crippen molar-refractivity contribution in [2.75, 3.05) is 0 Å². The monoisotopic (exact) mass is 254 g/mol. The third kappa shape index (κ3) is 2.96. The first-order chi connectivity index (χ1) is 6.50. The first-order valence-corrected chi connectivity index (χ1v) is 5.38. The summed E-state index contributed by atoms with van der Waals surface area (Å²) < 4.78 is 1.04. The molecule has 1 aromatic carbocycles.